The molecule has 1 aromatic rings. The van der Waals surface area contributed by atoms with E-state index in [0.29, 0.717) is 6.07 Å². The van der Waals surface area contributed by atoms with Crippen molar-refractivity contribution in [2.45, 2.75) is 6.43 Å². The normalized spacial score (nSPS) is 10.2. The largest absolute Gasteiger partial charge is 0.280 e. The average molecular weight is 298 g/mol. The zero-order valence-electron chi connectivity index (χ0n) is 6.06. The first-order valence-electron chi connectivity index (χ1n) is 3.10. The number of halogens is 4. The lowest BCUT2D eigenvalue weighted by molar-refractivity contribution is 0.145. The summed E-state index contributed by atoms with van der Waals surface area (Å²) < 4.78 is 36.9. The Morgan fingerprint density at radius 1 is 1.54 bits per heavy atom. The van der Waals surface area contributed by atoms with Gasteiger partial charge in [-0.1, -0.05) is 0 Å². The maximum absolute atomic E-state index is 12.9. The summed E-state index contributed by atoms with van der Waals surface area (Å²) in [5.41, 5.74) is -1.02. The topological polar surface area (TPSA) is 36.7 Å². The summed E-state index contributed by atoms with van der Waals surface area (Å²) in [5.74, 6) is -0.845. The van der Waals surface area contributed by atoms with Gasteiger partial charge in [-0.3, -0.25) is 0 Å². The molecule has 0 atom stereocenters. The molecule has 1 aromatic heterocycles. The molecular weight excluding hydrogens is 296 g/mol. The van der Waals surface area contributed by atoms with Gasteiger partial charge in [-0.15, -0.1) is 0 Å². The number of nitriles is 1. The fraction of sp³-hybridized carbons (Fsp3) is 0.143. The molecule has 6 heteroatoms. The van der Waals surface area contributed by atoms with Gasteiger partial charge in [0, 0.05) is 6.07 Å². The molecule has 68 valence electrons. The van der Waals surface area contributed by atoms with E-state index < -0.39 is 17.9 Å². The molecule has 0 saturated heterocycles. The van der Waals surface area contributed by atoms with Crippen LogP contribution in [0.15, 0.2) is 6.07 Å². The summed E-state index contributed by atoms with van der Waals surface area (Å²) >= 11 is 1.54. The Hall–Kier alpha value is -0.840. The highest BCUT2D eigenvalue weighted by atomic mass is 127. The second-order valence-electron chi connectivity index (χ2n) is 2.10. The van der Waals surface area contributed by atoms with Gasteiger partial charge < -0.3 is 0 Å². The molecule has 1 rings (SSSR count). The first-order valence-corrected chi connectivity index (χ1v) is 4.18. The standard InChI is InChI=1S/C7H2F3IN2/c8-3-1-4(7(9)10)13-5(2-12)6(3)11/h1,7H. The van der Waals surface area contributed by atoms with Crippen LogP contribution in [-0.4, -0.2) is 4.98 Å². The van der Waals surface area contributed by atoms with E-state index in [2.05, 4.69) is 4.98 Å². The monoisotopic (exact) mass is 298 g/mol. The molecule has 0 amide bonds. The summed E-state index contributed by atoms with van der Waals surface area (Å²) in [5, 5.41) is 8.42. The quantitative estimate of drug-likeness (QED) is 0.747. The van der Waals surface area contributed by atoms with Crippen LogP contribution in [0.1, 0.15) is 17.8 Å². The number of aromatic nitrogens is 1. The zero-order chi connectivity index (χ0) is 10.0. The fourth-order valence-electron chi connectivity index (χ4n) is 0.703. The van der Waals surface area contributed by atoms with E-state index in [-0.39, 0.29) is 9.26 Å². The van der Waals surface area contributed by atoms with Crippen LogP contribution in [-0.2, 0) is 0 Å². The first kappa shape index (κ1) is 10.2. The Morgan fingerprint density at radius 2 is 2.15 bits per heavy atom. The van der Waals surface area contributed by atoms with E-state index in [4.69, 9.17) is 5.26 Å². The van der Waals surface area contributed by atoms with Crippen molar-refractivity contribution < 1.29 is 13.2 Å². The number of hydrogen-bond acceptors (Lipinski definition) is 2. The van der Waals surface area contributed by atoms with Gasteiger partial charge in [0.05, 0.1) is 3.57 Å². The van der Waals surface area contributed by atoms with E-state index >= 15 is 0 Å². The zero-order valence-corrected chi connectivity index (χ0v) is 8.22. The van der Waals surface area contributed by atoms with Gasteiger partial charge in [0.1, 0.15) is 17.6 Å². The van der Waals surface area contributed by atoms with Crippen molar-refractivity contribution in [2.24, 2.45) is 0 Å². The second-order valence-corrected chi connectivity index (χ2v) is 3.18. The van der Waals surface area contributed by atoms with Gasteiger partial charge in [-0.2, -0.15) is 5.26 Å². The molecule has 13 heavy (non-hydrogen) atoms. The van der Waals surface area contributed by atoms with Crippen LogP contribution in [0.2, 0.25) is 0 Å². The van der Waals surface area contributed by atoms with Gasteiger partial charge >= 0.3 is 0 Å². The van der Waals surface area contributed by atoms with Crippen LogP contribution in [0.4, 0.5) is 13.2 Å². The summed E-state index contributed by atoms with van der Waals surface area (Å²) in [6.45, 7) is 0. The summed E-state index contributed by atoms with van der Waals surface area (Å²) in [7, 11) is 0. The molecule has 0 saturated carbocycles. The average Bonchev–Trinajstić information content (AvgIpc) is 2.09. The number of alkyl halides is 2. The summed E-state index contributed by atoms with van der Waals surface area (Å²) in [6.07, 6.45) is -2.86. The maximum Gasteiger partial charge on any atom is 0.280 e. The Morgan fingerprint density at radius 3 is 2.62 bits per heavy atom. The van der Waals surface area contributed by atoms with Gasteiger partial charge in [-0.25, -0.2) is 18.2 Å². The minimum atomic E-state index is -2.86. The van der Waals surface area contributed by atoms with Crippen LogP contribution in [0.25, 0.3) is 0 Å². The maximum atomic E-state index is 12.9. The third-order valence-electron chi connectivity index (χ3n) is 1.26. The molecule has 0 bridgehead atoms. The molecule has 0 aliphatic heterocycles. The van der Waals surface area contributed by atoms with E-state index in [1.165, 1.54) is 6.07 Å². The predicted molar refractivity (Wildman–Crippen MR) is 46.6 cm³/mol. The van der Waals surface area contributed by atoms with Crippen molar-refractivity contribution in [1.29, 1.82) is 5.26 Å². The van der Waals surface area contributed by atoms with E-state index in [0.717, 1.165) is 0 Å². The van der Waals surface area contributed by atoms with E-state index in [9.17, 15) is 13.2 Å². The van der Waals surface area contributed by atoms with Gasteiger partial charge in [0.2, 0.25) is 0 Å². The third-order valence-corrected chi connectivity index (χ3v) is 2.29. The highest BCUT2D eigenvalue weighted by molar-refractivity contribution is 14.1. The molecule has 2 nitrogen and oxygen atoms in total. The number of hydrogen-bond donors (Lipinski definition) is 0. The summed E-state index contributed by atoms with van der Waals surface area (Å²) in [6, 6.07) is 2.17. The van der Waals surface area contributed by atoms with Crippen LogP contribution in [0.3, 0.4) is 0 Å². The molecule has 0 aromatic carbocycles. The first-order chi connectivity index (χ1) is 6.06. The number of nitrogens with zero attached hydrogens (tertiary/aromatic N) is 2. The number of rotatable bonds is 1. The molecular formula is C7H2F3IN2. The lowest BCUT2D eigenvalue weighted by atomic mass is 10.3. The predicted octanol–water partition coefficient (Wildman–Crippen LogP) is 2.63. The van der Waals surface area contributed by atoms with Gasteiger partial charge in [-0.05, 0) is 22.6 Å². The fourth-order valence-corrected chi connectivity index (χ4v) is 1.10. The van der Waals surface area contributed by atoms with Crippen molar-refractivity contribution in [3.05, 3.63) is 26.8 Å². The van der Waals surface area contributed by atoms with E-state index in [1.807, 2.05) is 0 Å². The molecule has 0 unspecified atom stereocenters. The van der Waals surface area contributed by atoms with Crippen molar-refractivity contribution in [1.82, 2.24) is 4.98 Å². The van der Waals surface area contributed by atoms with Crippen LogP contribution < -0.4 is 0 Å². The third kappa shape index (κ3) is 2.09. The Bertz CT molecular complexity index is 373. The lowest BCUT2D eigenvalue weighted by Gasteiger charge is -2.01. The Balaban J connectivity index is 3.32. The SMILES string of the molecule is N#Cc1nc(C(F)F)cc(F)c1I. The Labute approximate surface area is 85.5 Å². The smallest absolute Gasteiger partial charge is 0.235 e. The number of pyridine rings is 1. The second kappa shape index (κ2) is 3.91. The molecule has 0 N–H and O–H groups in total. The van der Waals surface area contributed by atoms with Gasteiger partial charge in [0.25, 0.3) is 6.43 Å². The minimum absolute atomic E-state index is 0.0375. The molecule has 0 aliphatic rings. The van der Waals surface area contributed by atoms with E-state index in [1.54, 1.807) is 22.6 Å². The van der Waals surface area contributed by atoms with Crippen LogP contribution in [0, 0.1) is 20.7 Å². The van der Waals surface area contributed by atoms with Crippen LogP contribution >= 0.6 is 22.6 Å². The summed E-state index contributed by atoms with van der Waals surface area (Å²) in [4.78, 5) is 3.29. The van der Waals surface area contributed by atoms with Crippen molar-refractivity contribution in [3.63, 3.8) is 0 Å². The molecule has 0 aliphatic carbocycles. The van der Waals surface area contributed by atoms with Crippen molar-refractivity contribution >= 4 is 22.6 Å². The highest BCUT2D eigenvalue weighted by Crippen LogP contribution is 2.21. The van der Waals surface area contributed by atoms with Crippen molar-refractivity contribution in [3.8, 4) is 6.07 Å². The lowest BCUT2D eigenvalue weighted by Crippen LogP contribution is -1.99. The molecule has 1 heterocycles. The molecule has 0 fully saturated rings. The highest BCUT2D eigenvalue weighted by Gasteiger charge is 2.15. The Kier molecular flexibility index (Phi) is 3.08. The van der Waals surface area contributed by atoms with Crippen molar-refractivity contribution in [2.75, 3.05) is 0 Å². The molecule has 0 radical (unpaired) electrons. The van der Waals surface area contributed by atoms with Gasteiger partial charge in [0.15, 0.2) is 5.69 Å². The van der Waals surface area contributed by atoms with Crippen LogP contribution in [0.5, 0.6) is 0 Å². The minimum Gasteiger partial charge on any atom is -0.235 e. The molecule has 0 spiro atoms.